The van der Waals surface area contributed by atoms with Gasteiger partial charge in [-0.3, -0.25) is 4.99 Å². The second-order valence-corrected chi connectivity index (χ2v) is 7.77. The van der Waals surface area contributed by atoms with Gasteiger partial charge in [-0.15, -0.1) is 24.0 Å². The average molecular weight is 492 g/mol. The molecule has 1 aromatic carbocycles. The molecule has 1 heterocycles. The molecule has 0 aliphatic heterocycles. The number of hydrogen-bond donors (Lipinski definition) is 2. The summed E-state index contributed by atoms with van der Waals surface area (Å²) in [6, 6.07) is 7.21. The van der Waals surface area contributed by atoms with Gasteiger partial charge in [0.2, 0.25) is 0 Å². The molecular formula is C17H25IN4O3S. The van der Waals surface area contributed by atoms with Crippen LogP contribution in [0.5, 0.6) is 0 Å². The van der Waals surface area contributed by atoms with Crippen molar-refractivity contribution in [3.8, 4) is 0 Å². The third kappa shape index (κ3) is 6.27. The van der Waals surface area contributed by atoms with Gasteiger partial charge < -0.3 is 15.2 Å². The Kier molecular flexibility index (Phi) is 8.54. The SMILES string of the molecule is CCc1cc(CNC(=NC)NCc2ccc(S(C)(=O)=O)c(C)c2)on1.I. The van der Waals surface area contributed by atoms with Crippen LogP contribution in [0.15, 0.2) is 38.7 Å². The van der Waals surface area contributed by atoms with E-state index >= 15 is 0 Å². The zero-order valence-electron chi connectivity index (χ0n) is 15.4. The first kappa shape index (κ1) is 22.4. The molecule has 0 amide bonds. The van der Waals surface area contributed by atoms with E-state index in [-0.39, 0.29) is 24.0 Å². The Balaban J connectivity index is 0.00000338. The molecule has 0 aliphatic rings. The number of rotatable bonds is 6. The molecule has 0 bridgehead atoms. The Morgan fingerprint density at radius 2 is 1.92 bits per heavy atom. The number of guanidine groups is 1. The third-order valence-corrected chi connectivity index (χ3v) is 4.98. The summed E-state index contributed by atoms with van der Waals surface area (Å²) in [6.45, 7) is 4.83. The molecule has 0 saturated carbocycles. The van der Waals surface area contributed by atoms with E-state index in [1.54, 1.807) is 26.1 Å². The minimum atomic E-state index is -3.20. The Morgan fingerprint density at radius 1 is 1.23 bits per heavy atom. The van der Waals surface area contributed by atoms with Crippen molar-refractivity contribution < 1.29 is 12.9 Å². The number of aromatic nitrogens is 1. The van der Waals surface area contributed by atoms with Gasteiger partial charge in [0.25, 0.3) is 0 Å². The van der Waals surface area contributed by atoms with Crippen molar-refractivity contribution in [2.24, 2.45) is 4.99 Å². The number of benzene rings is 1. The van der Waals surface area contributed by atoms with E-state index in [9.17, 15) is 8.42 Å². The van der Waals surface area contributed by atoms with Gasteiger partial charge in [-0.05, 0) is 30.5 Å². The lowest BCUT2D eigenvalue weighted by Gasteiger charge is -2.12. The molecule has 0 spiro atoms. The first-order valence-electron chi connectivity index (χ1n) is 8.02. The predicted molar refractivity (Wildman–Crippen MR) is 113 cm³/mol. The quantitative estimate of drug-likeness (QED) is 0.366. The highest BCUT2D eigenvalue weighted by Crippen LogP contribution is 2.16. The predicted octanol–water partition coefficient (Wildman–Crippen LogP) is 2.43. The first-order valence-corrected chi connectivity index (χ1v) is 9.91. The molecule has 2 rings (SSSR count). The van der Waals surface area contributed by atoms with E-state index in [2.05, 4.69) is 20.8 Å². The average Bonchev–Trinajstić information content (AvgIpc) is 3.02. The van der Waals surface area contributed by atoms with E-state index in [1.165, 1.54) is 6.26 Å². The van der Waals surface area contributed by atoms with Gasteiger partial charge in [-0.2, -0.15) is 0 Å². The molecule has 0 atom stereocenters. The summed E-state index contributed by atoms with van der Waals surface area (Å²) in [4.78, 5) is 4.52. The molecule has 2 N–H and O–H groups in total. The van der Waals surface area contributed by atoms with Crippen LogP contribution in [0.4, 0.5) is 0 Å². The van der Waals surface area contributed by atoms with E-state index < -0.39 is 9.84 Å². The molecule has 0 fully saturated rings. The largest absolute Gasteiger partial charge is 0.359 e. The topological polar surface area (TPSA) is 96.6 Å². The van der Waals surface area contributed by atoms with Crippen molar-refractivity contribution >= 4 is 39.8 Å². The molecule has 2 aromatic rings. The fourth-order valence-electron chi connectivity index (χ4n) is 2.42. The molecular weight excluding hydrogens is 467 g/mol. The molecule has 0 saturated heterocycles. The second-order valence-electron chi connectivity index (χ2n) is 5.79. The summed E-state index contributed by atoms with van der Waals surface area (Å²) in [7, 11) is -1.51. The highest BCUT2D eigenvalue weighted by Gasteiger charge is 2.11. The lowest BCUT2D eigenvalue weighted by Crippen LogP contribution is -2.36. The van der Waals surface area contributed by atoms with Crippen molar-refractivity contribution in [1.82, 2.24) is 15.8 Å². The fourth-order valence-corrected chi connectivity index (χ4v) is 3.38. The maximum absolute atomic E-state index is 11.7. The van der Waals surface area contributed by atoms with E-state index in [4.69, 9.17) is 4.52 Å². The maximum atomic E-state index is 11.7. The number of sulfone groups is 1. The maximum Gasteiger partial charge on any atom is 0.191 e. The number of hydrogen-bond acceptors (Lipinski definition) is 5. The molecule has 9 heteroatoms. The molecule has 0 radical (unpaired) electrons. The zero-order valence-corrected chi connectivity index (χ0v) is 18.5. The highest BCUT2D eigenvalue weighted by atomic mass is 127. The van der Waals surface area contributed by atoms with E-state index in [0.717, 1.165) is 29.0 Å². The van der Waals surface area contributed by atoms with Crippen LogP contribution in [0.2, 0.25) is 0 Å². The number of aryl methyl sites for hydroxylation is 2. The molecule has 26 heavy (non-hydrogen) atoms. The van der Waals surface area contributed by atoms with Crippen LogP contribution in [0.25, 0.3) is 0 Å². The van der Waals surface area contributed by atoms with Crippen molar-refractivity contribution in [3.63, 3.8) is 0 Å². The van der Waals surface area contributed by atoms with Crippen molar-refractivity contribution in [3.05, 3.63) is 46.8 Å². The van der Waals surface area contributed by atoms with Gasteiger partial charge in [0.1, 0.15) is 0 Å². The number of nitrogens with zero attached hydrogens (tertiary/aromatic N) is 2. The number of halogens is 1. The van der Waals surface area contributed by atoms with Crippen LogP contribution in [0, 0.1) is 6.92 Å². The van der Waals surface area contributed by atoms with Gasteiger partial charge in [-0.1, -0.05) is 24.2 Å². The smallest absolute Gasteiger partial charge is 0.191 e. The lowest BCUT2D eigenvalue weighted by molar-refractivity contribution is 0.374. The van der Waals surface area contributed by atoms with Crippen molar-refractivity contribution in [2.45, 2.75) is 38.3 Å². The standard InChI is InChI=1S/C17H24N4O3S.HI/c1-5-14-9-15(24-21-14)11-20-17(18-3)19-10-13-6-7-16(12(2)8-13)25(4,22)23;/h6-9H,5,10-11H2,1-4H3,(H2,18,19,20);1H. The fraction of sp³-hybridized carbons (Fsp3) is 0.412. The van der Waals surface area contributed by atoms with Gasteiger partial charge in [0.15, 0.2) is 21.6 Å². The number of aliphatic imine (C=N–C) groups is 1. The summed E-state index contributed by atoms with van der Waals surface area (Å²) < 4.78 is 28.5. The van der Waals surface area contributed by atoms with Gasteiger partial charge in [-0.25, -0.2) is 8.42 Å². The Morgan fingerprint density at radius 3 is 2.46 bits per heavy atom. The Bertz CT molecular complexity index is 863. The normalized spacial score (nSPS) is 11.8. The van der Waals surface area contributed by atoms with Crippen LogP contribution < -0.4 is 10.6 Å². The molecule has 0 unspecified atom stereocenters. The Hall–Kier alpha value is -1.62. The van der Waals surface area contributed by atoms with Crippen molar-refractivity contribution in [1.29, 1.82) is 0 Å². The summed E-state index contributed by atoms with van der Waals surface area (Å²) in [5.74, 6) is 1.37. The summed E-state index contributed by atoms with van der Waals surface area (Å²) in [6.07, 6.45) is 2.05. The molecule has 144 valence electrons. The summed E-state index contributed by atoms with van der Waals surface area (Å²) >= 11 is 0. The second kappa shape index (κ2) is 9.91. The third-order valence-electron chi connectivity index (χ3n) is 3.72. The zero-order chi connectivity index (χ0) is 18.4. The monoisotopic (exact) mass is 492 g/mol. The van der Waals surface area contributed by atoms with Gasteiger partial charge >= 0.3 is 0 Å². The van der Waals surface area contributed by atoms with Gasteiger partial charge in [0, 0.05) is 25.9 Å². The Labute approximate surface area is 171 Å². The van der Waals surface area contributed by atoms with Crippen LogP contribution in [0.1, 0.15) is 29.5 Å². The van der Waals surface area contributed by atoms with Crippen LogP contribution in [-0.2, 0) is 29.3 Å². The van der Waals surface area contributed by atoms with Crippen LogP contribution in [-0.4, -0.2) is 32.8 Å². The summed E-state index contributed by atoms with van der Waals surface area (Å²) in [5, 5.41) is 10.3. The van der Waals surface area contributed by atoms with Crippen LogP contribution >= 0.6 is 24.0 Å². The van der Waals surface area contributed by atoms with Crippen LogP contribution in [0.3, 0.4) is 0 Å². The van der Waals surface area contributed by atoms with Crippen molar-refractivity contribution in [2.75, 3.05) is 13.3 Å². The molecule has 7 nitrogen and oxygen atoms in total. The lowest BCUT2D eigenvalue weighted by atomic mass is 10.1. The van der Waals surface area contributed by atoms with E-state index in [1.807, 2.05) is 19.1 Å². The van der Waals surface area contributed by atoms with Gasteiger partial charge in [0.05, 0.1) is 17.1 Å². The minimum Gasteiger partial charge on any atom is -0.359 e. The molecule has 1 aromatic heterocycles. The highest BCUT2D eigenvalue weighted by molar-refractivity contribution is 14.0. The first-order chi connectivity index (χ1) is 11.8. The molecule has 0 aliphatic carbocycles. The summed E-state index contributed by atoms with van der Waals surface area (Å²) in [5.41, 5.74) is 2.63. The number of nitrogens with one attached hydrogen (secondary N) is 2. The van der Waals surface area contributed by atoms with E-state index in [0.29, 0.717) is 23.9 Å². The minimum absolute atomic E-state index is 0.